The van der Waals surface area contributed by atoms with Crippen molar-refractivity contribution in [1.29, 1.82) is 0 Å². The highest BCUT2D eigenvalue weighted by molar-refractivity contribution is 6.04. The van der Waals surface area contributed by atoms with Gasteiger partial charge in [-0.15, -0.1) is 5.10 Å². The number of nitrogens with one attached hydrogen (secondary N) is 1. The van der Waals surface area contributed by atoms with E-state index in [1.807, 2.05) is 25.1 Å². The average Bonchev–Trinajstić information content (AvgIpc) is 3.27. The molecule has 7 nitrogen and oxygen atoms in total. The van der Waals surface area contributed by atoms with Crippen molar-refractivity contribution in [3.8, 4) is 23.1 Å². The third kappa shape index (κ3) is 5.61. The molecule has 0 aliphatic heterocycles. The summed E-state index contributed by atoms with van der Waals surface area (Å²) < 4.78 is 26.3. The summed E-state index contributed by atoms with van der Waals surface area (Å²) in [4.78, 5) is 16.8. The van der Waals surface area contributed by atoms with E-state index in [1.54, 1.807) is 53.2 Å². The van der Waals surface area contributed by atoms with Gasteiger partial charge in [0.25, 0.3) is 5.91 Å². The molecule has 0 aliphatic rings. The summed E-state index contributed by atoms with van der Waals surface area (Å²) in [5, 5.41) is 7.30. The number of aromatic nitrogens is 3. The molecule has 1 amide bonds. The number of carbonyl (C=O) groups is 1. The highest BCUT2D eigenvalue weighted by atomic mass is 19.1. The SMILES string of the molecule is CCOCCOc1nc(-c2cccc(F)c2)n(-c2ccc(NC(=O)c3ccccc3)cc2)n1. The van der Waals surface area contributed by atoms with Crippen molar-refractivity contribution in [1.82, 2.24) is 14.8 Å². The van der Waals surface area contributed by atoms with Gasteiger partial charge in [0, 0.05) is 23.4 Å². The number of rotatable bonds is 9. The average molecular weight is 446 g/mol. The van der Waals surface area contributed by atoms with Crippen molar-refractivity contribution >= 4 is 11.6 Å². The first-order valence-corrected chi connectivity index (χ1v) is 10.5. The van der Waals surface area contributed by atoms with Crippen LogP contribution in [0.5, 0.6) is 6.01 Å². The number of amides is 1. The van der Waals surface area contributed by atoms with Gasteiger partial charge >= 0.3 is 6.01 Å². The van der Waals surface area contributed by atoms with E-state index in [0.29, 0.717) is 48.1 Å². The number of halogens is 1. The molecular formula is C25H23FN4O3. The zero-order valence-corrected chi connectivity index (χ0v) is 18.1. The zero-order chi connectivity index (χ0) is 23.0. The van der Waals surface area contributed by atoms with Crippen LogP contribution in [0.25, 0.3) is 17.1 Å². The molecule has 0 fully saturated rings. The maximum Gasteiger partial charge on any atom is 0.336 e. The fourth-order valence-corrected chi connectivity index (χ4v) is 3.16. The van der Waals surface area contributed by atoms with Crippen LogP contribution in [0, 0.1) is 5.82 Å². The number of nitrogens with zero attached hydrogens (tertiary/aromatic N) is 3. The summed E-state index contributed by atoms with van der Waals surface area (Å²) in [5.74, 6) is -0.142. The molecule has 0 bridgehead atoms. The summed E-state index contributed by atoms with van der Waals surface area (Å²) >= 11 is 0. The van der Waals surface area contributed by atoms with Crippen LogP contribution >= 0.6 is 0 Å². The lowest BCUT2D eigenvalue weighted by molar-refractivity contribution is 0.102. The first-order valence-electron chi connectivity index (χ1n) is 10.5. The molecule has 1 N–H and O–H groups in total. The summed E-state index contributed by atoms with van der Waals surface area (Å²) in [6.07, 6.45) is 0. The monoisotopic (exact) mass is 446 g/mol. The molecule has 0 saturated carbocycles. The van der Waals surface area contributed by atoms with E-state index in [2.05, 4.69) is 15.4 Å². The lowest BCUT2D eigenvalue weighted by atomic mass is 10.2. The van der Waals surface area contributed by atoms with Gasteiger partial charge in [0.05, 0.1) is 12.3 Å². The van der Waals surface area contributed by atoms with E-state index in [1.165, 1.54) is 12.1 Å². The van der Waals surface area contributed by atoms with E-state index in [-0.39, 0.29) is 17.7 Å². The molecule has 8 heteroatoms. The Labute approximate surface area is 190 Å². The number of carbonyl (C=O) groups excluding carboxylic acids is 1. The molecule has 33 heavy (non-hydrogen) atoms. The molecule has 0 radical (unpaired) electrons. The summed E-state index contributed by atoms with van der Waals surface area (Å²) in [6.45, 7) is 3.20. The lowest BCUT2D eigenvalue weighted by Crippen LogP contribution is -2.11. The van der Waals surface area contributed by atoms with Crippen LogP contribution in [0.1, 0.15) is 17.3 Å². The highest BCUT2D eigenvalue weighted by Crippen LogP contribution is 2.25. The molecular weight excluding hydrogens is 423 g/mol. The maximum absolute atomic E-state index is 13.9. The molecule has 1 aromatic heterocycles. The van der Waals surface area contributed by atoms with Crippen molar-refractivity contribution in [2.75, 3.05) is 25.1 Å². The Balaban J connectivity index is 1.58. The molecule has 4 rings (SSSR count). The minimum absolute atomic E-state index is 0.162. The number of hydrogen-bond acceptors (Lipinski definition) is 5. The topological polar surface area (TPSA) is 78.3 Å². The normalized spacial score (nSPS) is 10.7. The van der Waals surface area contributed by atoms with Crippen LogP contribution < -0.4 is 10.1 Å². The summed E-state index contributed by atoms with van der Waals surface area (Å²) in [5.41, 5.74) is 2.44. The molecule has 1 heterocycles. The van der Waals surface area contributed by atoms with Crippen LogP contribution in [0.15, 0.2) is 78.9 Å². The van der Waals surface area contributed by atoms with Crippen molar-refractivity contribution in [2.45, 2.75) is 6.92 Å². The molecule has 0 spiro atoms. The van der Waals surface area contributed by atoms with Gasteiger partial charge < -0.3 is 14.8 Å². The van der Waals surface area contributed by atoms with Crippen LogP contribution in [0.3, 0.4) is 0 Å². The molecule has 0 unspecified atom stereocenters. The first-order chi connectivity index (χ1) is 16.1. The third-order valence-corrected chi connectivity index (χ3v) is 4.74. The van der Waals surface area contributed by atoms with Gasteiger partial charge in [-0.1, -0.05) is 30.3 Å². The number of ether oxygens (including phenoxy) is 2. The molecule has 0 saturated heterocycles. The van der Waals surface area contributed by atoms with Gasteiger partial charge in [-0.25, -0.2) is 9.07 Å². The van der Waals surface area contributed by atoms with Gasteiger partial charge in [-0.3, -0.25) is 4.79 Å². The molecule has 4 aromatic rings. The van der Waals surface area contributed by atoms with E-state index in [4.69, 9.17) is 9.47 Å². The quantitative estimate of drug-likeness (QED) is 0.376. The Bertz CT molecular complexity index is 1210. The van der Waals surface area contributed by atoms with Gasteiger partial charge in [-0.2, -0.15) is 4.98 Å². The lowest BCUT2D eigenvalue weighted by Gasteiger charge is -2.08. The fraction of sp³-hybridized carbons (Fsp3) is 0.160. The van der Waals surface area contributed by atoms with Gasteiger partial charge in [0.15, 0.2) is 5.82 Å². The Hall–Kier alpha value is -4.04. The Morgan fingerprint density at radius 2 is 1.79 bits per heavy atom. The van der Waals surface area contributed by atoms with Crippen LogP contribution in [-0.2, 0) is 4.74 Å². The fourth-order valence-electron chi connectivity index (χ4n) is 3.16. The predicted octanol–water partition coefficient (Wildman–Crippen LogP) is 4.74. The Morgan fingerprint density at radius 3 is 2.52 bits per heavy atom. The van der Waals surface area contributed by atoms with Crippen molar-refractivity contribution in [3.05, 3.63) is 90.2 Å². The van der Waals surface area contributed by atoms with Crippen LogP contribution in [0.2, 0.25) is 0 Å². The minimum atomic E-state index is -0.375. The number of hydrogen-bond donors (Lipinski definition) is 1. The zero-order valence-electron chi connectivity index (χ0n) is 18.1. The molecule has 0 atom stereocenters. The highest BCUT2D eigenvalue weighted by Gasteiger charge is 2.16. The Morgan fingerprint density at radius 1 is 1.00 bits per heavy atom. The standard InChI is InChI=1S/C25H23FN4O3/c1-2-32-15-16-33-25-28-23(19-9-6-10-20(26)17-19)30(29-25)22-13-11-21(12-14-22)27-24(31)18-7-4-3-5-8-18/h3-14,17H,2,15-16H2,1H3,(H,27,31). The largest absolute Gasteiger partial charge is 0.460 e. The second-order valence-corrected chi connectivity index (χ2v) is 7.05. The summed E-state index contributed by atoms with van der Waals surface area (Å²) in [7, 11) is 0. The van der Waals surface area contributed by atoms with E-state index in [9.17, 15) is 9.18 Å². The molecule has 3 aromatic carbocycles. The number of anilines is 1. The van der Waals surface area contributed by atoms with Gasteiger partial charge in [-0.05, 0) is 55.5 Å². The summed E-state index contributed by atoms with van der Waals surface area (Å²) in [6, 6.07) is 22.4. The third-order valence-electron chi connectivity index (χ3n) is 4.74. The molecule has 168 valence electrons. The van der Waals surface area contributed by atoms with Gasteiger partial charge in [0.1, 0.15) is 12.4 Å². The van der Waals surface area contributed by atoms with E-state index in [0.717, 1.165) is 0 Å². The van der Waals surface area contributed by atoms with Crippen molar-refractivity contribution in [2.24, 2.45) is 0 Å². The van der Waals surface area contributed by atoms with Crippen molar-refractivity contribution < 1.29 is 18.7 Å². The van der Waals surface area contributed by atoms with Crippen molar-refractivity contribution in [3.63, 3.8) is 0 Å². The predicted molar refractivity (Wildman–Crippen MR) is 123 cm³/mol. The van der Waals surface area contributed by atoms with Gasteiger partial charge in [0.2, 0.25) is 0 Å². The van der Waals surface area contributed by atoms with E-state index < -0.39 is 0 Å². The molecule has 0 aliphatic carbocycles. The first kappa shape index (κ1) is 22.2. The second kappa shape index (κ2) is 10.5. The number of benzene rings is 3. The second-order valence-electron chi connectivity index (χ2n) is 7.05. The van der Waals surface area contributed by atoms with Crippen LogP contribution in [-0.4, -0.2) is 40.5 Å². The Kier molecular flexibility index (Phi) is 7.06. The van der Waals surface area contributed by atoms with Crippen LogP contribution in [0.4, 0.5) is 10.1 Å². The smallest absolute Gasteiger partial charge is 0.336 e. The maximum atomic E-state index is 13.9. The minimum Gasteiger partial charge on any atom is -0.460 e. The van der Waals surface area contributed by atoms with E-state index >= 15 is 0 Å².